The molecule has 4 rings (SSSR count). The van der Waals surface area contributed by atoms with Gasteiger partial charge in [0.15, 0.2) is 17.1 Å². The molecule has 126 valence electrons. The lowest BCUT2D eigenvalue weighted by atomic mass is 10.2. The number of para-hydroxylation sites is 2. The standard InChI is InChI=1S/C18H12BrNO5/c19-12-8-16-15(23-10-24-16)7-11(12)9-22-18(21)6-5-17-20-13-3-1-2-4-14(13)25-17/h1-8H,9-10H2/b6-5+. The number of esters is 1. The summed E-state index contributed by atoms with van der Waals surface area (Å²) in [4.78, 5) is 16.2. The van der Waals surface area contributed by atoms with Crippen LogP contribution in [0.4, 0.5) is 0 Å². The number of ether oxygens (including phenoxy) is 3. The van der Waals surface area contributed by atoms with Gasteiger partial charge in [0.2, 0.25) is 12.7 Å². The van der Waals surface area contributed by atoms with Gasteiger partial charge in [-0.1, -0.05) is 28.1 Å². The van der Waals surface area contributed by atoms with E-state index in [9.17, 15) is 4.79 Å². The van der Waals surface area contributed by atoms with E-state index in [1.54, 1.807) is 12.1 Å². The lowest BCUT2D eigenvalue weighted by molar-refractivity contribution is -0.138. The molecule has 0 atom stereocenters. The molecule has 1 aliphatic rings. The molecule has 0 saturated carbocycles. The zero-order valence-corrected chi connectivity index (χ0v) is 14.5. The van der Waals surface area contributed by atoms with E-state index in [1.807, 2.05) is 24.3 Å². The van der Waals surface area contributed by atoms with Crippen molar-refractivity contribution in [2.24, 2.45) is 0 Å². The number of halogens is 1. The molecule has 0 bridgehead atoms. The number of benzene rings is 2. The van der Waals surface area contributed by atoms with Gasteiger partial charge >= 0.3 is 5.97 Å². The molecule has 6 nitrogen and oxygen atoms in total. The lowest BCUT2D eigenvalue weighted by Gasteiger charge is -2.06. The molecule has 0 fully saturated rings. The molecule has 25 heavy (non-hydrogen) atoms. The predicted octanol–water partition coefficient (Wildman–Crippen LogP) is 4.08. The maximum atomic E-state index is 11.9. The molecule has 0 saturated heterocycles. The second kappa shape index (κ2) is 6.60. The molecule has 2 heterocycles. The highest BCUT2D eigenvalue weighted by Crippen LogP contribution is 2.37. The summed E-state index contributed by atoms with van der Waals surface area (Å²) in [5.74, 6) is 1.16. The van der Waals surface area contributed by atoms with E-state index in [2.05, 4.69) is 20.9 Å². The van der Waals surface area contributed by atoms with Gasteiger partial charge in [0, 0.05) is 22.2 Å². The number of hydrogen-bond donors (Lipinski definition) is 0. The first-order valence-corrected chi connectivity index (χ1v) is 8.27. The summed E-state index contributed by atoms with van der Waals surface area (Å²) < 4.78 is 22.1. The maximum Gasteiger partial charge on any atom is 0.331 e. The zero-order chi connectivity index (χ0) is 17.2. The Kier molecular flexibility index (Phi) is 4.15. The van der Waals surface area contributed by atoms with Gasteiger partial charge in [-0.3, -0.25) is 0 Å². The van der Waals surface area contributed by atoms with Crippen LogP contribution in [-0.4, -0.2) is 17.7 Å². The van der Waals surface area contributed by atoms with E-state index < -0.39 is 5.97 Å². The van der Waals surface area contributed by atoms with Crippen LogP contribution in [-0.2, 0) is 16.1 Å². The highest BCUT2D eigenvalue weighted by molar-refractivity contribution is 9.10. The monoisotopic (exact) mass is 401 g/mol. The molecule has 0 spiro atoms. The molecule has 0 amide bonds. The minimum Gasteiger partial charge on any atom is -0.458 e. The molecule has 0 aliphatic carbocycles. The van der Waals surface area contributed by atoms with Gasteiger partial charge in [0.1, 0.15) is 12.1 Å². The highest BCUT2D eigenvalue weighted by atomic mass is 79.9. The van der Waals surface area contributed by atoms with Gasteiger partial charge in [-0.15, -0.1) is 0 Å². The second-order valence-electron chi connectivity index (χ2n) is 5.26. The van der Waals surface area contributed by atoms with Crippen LogP contribution in [0.3, 0.4) is 0 Å². The van der Waals surface area contributed by atoms with Gasteiger partial charge in [0.05, 0.1) is 0 Å². The molecule has 3 aromatic rings. The molecule has 0 unspecified atom stereocenters. The van der Waals surface area contributed by atoms with Gasteiger partial charge < -0.3 is 18.6 Å². The number of aromatic nitrogens is 1. The number of hydrogen-bond acceptors (Lipinski definition) is 6. The molecule has 2 aromatic carbocycles. The summed E-state index contributed by atoms with van der Waals surface area (Å²) in [5, 5.41) is 0. The van der Waals surface area contributed by atoms with Crippen molar-refractivity contribution in [1.29, 1.82) is 0 Å². The van der Waals surface area contributed by atoms with Crippen LogP contribution in [0.5, 0.6) is 11.5 Å². The van der Waals surface area contributed by atoms with Crippen LogP contribution >= 0.6 is 15.9 Å². The Morgan fingerprint density at radius 3 is 2.88 bits per heavy atom. The summed E-state index contributed by atoms with van der Waals surface area (Å²) in [6.07, 6.45) is 2.77. The molecule has 1 aliphatic heterocycles. The number of carbonyl (C=O) groups excluding carboxylic acids is 1. The predicted molar refractivity (Wildman–Crippen MR) is 93.1 cm³/mol. The molecule has 7 heteroatoms. The quantitative estimate of drug-likeness (QED) is 0.484. The number of fused-ring (bicyclic) bond motifs is 2. The molecule has 1 aromatic heterocycles. The second-order valence-corrected chi connectivity index (χ2v) is 6.11. The van der Waals surface area contributed by atoms with Gasteiger partial charge in [0.25, 0.3) is 0 Å². The van der Waals surface area contributed by atoms with Crippen LogP contribution in [0.15, 0.2) is 51.4 Å². The van der Waals surface area contributed by atoms with Crippen molar-refractivity contribution in [1.82, 2.24) is 4.98 Å². The SMILES string of the molecule is O=C(/C=C/c1nc2ccccc2o1)OCc1cc2c(cc1Br)OCO2. The molecular formula is C18H12BrNO5. The van der Waals surface area contributed by atoms with Gasteiger partial charge in [-0.2, -0.15) is 0 Å². The van der Waals surface area contributed by atoms with E-state index in [4.69, 9.17) is 18.6 Å². The van der Waals surface area contributed by atoms with E-state index in [0.717, 1.165) is 15.6 Å². The largest absolute Gasteiger partial charge is 0.458 e. The summed E-state index contributed by atoms with van der Waals surface area (Å²) in [6, 6.07) is 11.0. The first-order chi connectivity index (χ1) is 12.2. The zero-order valence-electron chi connectivity index (χ0n) is 12.9. The van der Waals surface area contributed by atoms with E-state index in [0.29, 0.717) is 23.0 Å². The Labute approximate surface area is 151 Å². The number of nitrogens with zero attached hydrogens (tertiary/aromatic N) is 1. The average Bonchev–Trinajstić information content (AvgIpc) is 3.23. The minimum absolute atomic E-state index is 0.105. The summed E-state index contributed by atoms with van der Waals surface area (Å²) in [6.45, 7) is 0.298. The van der Waals surface area contributed by atoms with Crippen LogP contribution < -0.4 is 9.47 Å². The van der Waals surface area contributed by atoms with Crippen molar-refractivity contribution < 1.29 is 23.4 Å². The number of carbonyl (C=O) groups is 1. The molecule has 0 N–H and O–H groups in total. The van der Waals surface area contributed by atoms with Crippen molar-refractivity contribution in [3.05, 3.63) is 58.4 Å². The third-order valence-corrected chi connectivity index (χ3v) is 4.32. The van der Waals surface area contributed by atoms with Crippen molar-refractivity contribution in [3.8, 4) is 11.5 Å². The van der Waals surface area contributed by atoms with Crippen LogP contribution in [0.2, 0.25) is 0 Å². The van der Waals surface area contributed by atoms with Crippen molar-refractivity contribution in [2.75, 3.05) is 6.79 Å². The van der Waals surface area contributed by atoms with Gasteiger partial charge in [-0.25, -0.2) is 9.78 Å². The third-order valence-electron chi connectivity index (χ3n) is 3.58. The van der Waals surface area contributed by atoms with E-state index >= 15 is 0 Å². The Morgan fingerprint density at radius 1 is 1.24 bits per heavy atom. The molecule has 0 radical (unpaired) electrons. The Hall–Kier alpha value is -2.80. The normalized spacial score (nSPS) is 12.8. The summed E-state index contributed by atoms with van der Waals surface area (Å²) in [7, 11) is 0. The van der Waals surface area contributed by atoms with Crippen LogP contribution in [0.1, 0.15) is 11.5 Å². The molecular weight excluding hydrogens is 390 g/mol. The maximum absolute atomic E-state index is 11.9. The Bertz CT molecular complexity index is 946. The van der Waals surface area contributed by atoms with Crippen molar-refractivity contribution in [2.45, 2.75) is 6.61 Å². The van der Waals surface area contributed by atoms with Crippen LogP contribution in [0.25, 0.3) is 17.2 Å². The fourth-order valence-corrected chi connectivity index (χ4v) is 2.80. The Morgan fingerprint density at radius 2 is 2.04 bits per heavy atom. The first-order valence-electron chi connectivity index (χ1n) is 7.47. The fourth-order valence-electron chi connectivity index (χ4n) is 2.37. The van der Waals surface area contributed by atoms with Crippen molar-refractivity contribution in [3.63, 3.8) is 0 Å². The lowest BCUT2D eigenvalue weighted by Crippen LogP contribution is -2.01. The summed E-state index contributed by atoms with van der Waals surface area (Å²) in [5.41, 5.74) is 2.19. The topological polar surface area (TPSA) is 70.8 Å². The van der Waals surface area contributed by atoms with Crippen LogP contribution in [0, 0.1) is 0 Å². The smallest absolute Gasteiger partial charge is 0.331 e. The number of rotatable bonds is 4. The van der Waals surface area contributed by atoms with Crippen molar-refractivity contribution >= 4 is 39.1 Å². The Balaban J connectivity index is 1.40. The first kappa shape index (κ1) is 15.7. The van der Waals surface area contributed by atoms with E-state index in [1.165, 1.54) is 12.2 Å². The fraction of sp³-hybridized carbons (Fsp3) is 0.111. The number of oxazole rings is 1. The summed E-state index contributed by atoms with van der Waals surface area (Å²) >= 11 is 3.43. The van der Waals surface area contributed by atoms with E-state index in [-0.39, 0.29) is 13.4 Å². The highest BCUT2D eigenvalue weighted by Gasteiger charge is 2.16. The third kappa shape index (κ3) is 3.36. The van der Waals surface area contributed by atoms with Gasteiger partial charge in [-0.05, 0) is 24.3 Å². The average molecular weight is 402 g/mol. The minimum atomic E-state index is -0.494.